The van der Waals surface area contributed by atoms with Crippen molar-refractivity contribution in [3.05, 3.63) is 39.6 Å². The Bertz CT molecular complexity index is 1010. The number of nitrogens with zero attached hydrogens (tertiary/aromatic N) is 1. The number of H-pyrrole nitrogens is 1. The van der Waals surface area contributed by atoms with E-state index in [1.807, 2.05) is 12.3 Å². The number of nitrogens with one attached hydrogen (secondary N) is 2. The Morgan fingerprint density at radius 2 is 2.27 bits per heavy atom. The number of thioether (sulfide) groups is 1. The maximum absolute atomic E-state index is 13.3. The molecule has 1 spiro atoms. The number of carbonyl (C=O) groups is 2. The third-order valence-corrected chi connectivity index (χ3v) is 8.46. The van der Waals surface area contributed by atoms with Crippen molar-refractivity contribution < 1.29 is 14.3 Å². The summed E-state index contributed by atoms with van der Waals surface area (Å²) in [4.78, 5) is 33.0. The molecule has 2 fully saturated rings. The lowest BCUT2D eigenvalue weighted by atomic mass is 9.57. The van der Waals surface area contributed by atoms with E-state index in [0.717, 1.165) is 41.1 Å². The van der Waals surface area contributed by atoms with Gasteiger partial charge < -0.3 is 14.6 Å². The molecule has 5 heterocycles. The molecule has 0 radical (unpaired) electrons. The smallest absolute Gasteiger partial charge is 0.200 e. The molecule has 6 aliphatic rings. The molecule has 1 aromatic rings. The molecule has 3 bridgehead atoms. The van der Waals surface area contributed by atoms with Gasteiger partial charge in [0.05, 0.1) is 28.6 Å². The van der Waals surface area contributed by atoms with E-state index < -0.39 is 0 Å². The highest BCUT2D eigenvalue weighted by molar-refractivity contribution is 8.04. The van der Waals surface area contributed by atoms with Crippen LogP contribution in [0.1, 0.15) is 28.0 Å². The Balaban J connectivity index is 1.66. The van der Waals surface area contributed by atoms with Gasteiger partial charge in [-0.05, 0) is 30.1 Å². The fourth-order valence-corrected chi connectivity index (χ4v) is 7.86. The maximum atomic E-state index is 13.3. The number of fused-ring (bicyclic) bond motifs is 3. The van der Waals surface area contributed by atoms with E-state index in [4.69, 9.17) is 4.74 Å². The van der Waals surface area contributed by atoms with E-state index in [1.165, 1.54) is 5.56 Å². The standard InChI is InChI=1S/C19H17N3O3S/c1-25-18-15-8(23)4-9-19(18)5-10(26-9)21-14-12(19)16-11-7(2-3-22(15)16)6-20-13(11)17(14)24/h4,6,10,14-15,18,20-21H,2-3,5H2,1H3. The number of piperidine rings is 1. The molecule has 0 aromatic carbocycles. The second kappa shape index (κ2) is 4.18. The monoisotopic (exact) mass is 367 g/mol. The number of ether oxygens (including phenoxy) is 1. The van der Waals surface area contributed by atoms with E-state index >= 15 is 0 Å². The highest BCUT2D eigenvalue weighted by atomic mass is 32.2. The first-order valence-electron chi connectivity index (χ1n) is 9.13. The molecule has 2 saturated heterocycles. The Kier molecular flexibility index (Phi) is 2.29. The van der Waals surface area contributed by atoms with Crippen LogP contribution in [0.25, 0.3) is 5.70 Å². The Morgan fingerprint density at radius 1 is 1.38 bits per heavy atom. The zero-order valence-corrected chi connectivity index (χ0v) is 15.0. The molecule has 1 aromatic heterocycles. The summed E-state index contributed by atoms with van der Waals surface area (Å²) in [7, 11) is 1.71. The minimum absolute atomic E-state index is 0.128. The average Bonchev–Trinajstić information content (AvgIpc) is 3.18. The van der Waals surface area contributed by atoms with Crippen molar-refractivity contribution in [2.24, 2.45) is 5.41 Å². The van der Waals surface area contributed by atoms with Crippen molar-refractivity contribution in [3.63, 3.8) is 0 Å². The summed E-state index contributed by atoms with van der Waals surface area (Å²) in [5, 5.41) is 3.71. The summed E-state index contributed by atoms with van der Waals surface area (Å²) in [6.07, 6.45) is 5.33. The van der Waals surface area contributed by atoms with Crippen molar-refractivity contribution in [3.8, 4) is 0 Å². The molecule has 2 N–H and O–H groups in total. The van der Waals surface area contributed by atoms with E-state index in [2.05, 4.69) is 15.2 Å². The summed E-state index contributed by atoms with van der Waals surface area (Å²) in [5.74, 6) is 0.265. The highest BCUT2D eigenvalue weighted by Gasteiger charge is 2.68. The minimum atomic E-state index is -0.330. The number of hydrogen-bond acceptors (Lipinski definition) is 6. The van der Waals surface area contributed by atoms with Crippen LogP contribution in [0.4, 0.5) is 0 Å². The van der Waals surface area contributed by atoms with Crippen LogP contribution in [0.15, 0.2) is 22.8 Å². The molecule has 7 heteroatoms. The second-order valence-corrected chi connectivity index (χ2v) is 9.27. The molecule has 0 saturated carbocycles. The van der Waals surface area contributed by atoms with Crippen LogP contribution in [-0.2, 0) is 16.0 Å². The zero-order chi connectivity index (χ0) is 17.4. The normalized spacial score (nSPS) is 41.0. The van der Waals surface area contributed by atoms with Gasteiger partial charge in [0.2, 0.25) is 5.78 Å². The number of methoxy groups -OCH3 is 1. The van der Waals surface area contributed by atoms with Gasteiger partial charge >= 0.3 is 0 Å². The number of rotatable bonds is 1. The average molecular weight is 367 g/mol. The lowest BCUT2D eigenvalue weighted by Gasteiger charge is -2.58. The van der Waals surface area contributed by atoms with Crippen LogP contribution >= 0.6 is 11.8 Å². The number of Topliss-reactive ketones (excluding diaryl/α,β-unsaturated/α-hetero) is 1. The summed E-state index contributed by atoms with van der Waals surface area (Å²) in [6.45, 7) is 0.788. The first-order chi connectivity index (χ1) is 12.6. The van der Waals surface area contributed by atoms with Gasteiger partial charge in [0, 0.05) is 36.0 Å². The molecule has 0 amide bonds. The van der Waals surface area contributed by atoms with E-state index in [0.29, 0.717) is 5.69 Å². The van der Waals surface area contributed by atoms with Crippen LogP contribution in [-0.4, -0.2) is 58.7 Å². The first-order valence-corrected chi connectivity index (χ1v) is 10.0. The lowest BCUT2D eigenvalue weighted by Crippen LogP contribution is -2.68. The predicted octanol–water partition coefficient (Wildman–Crippen LogP) is 1.07. The number of carbonyl (C=O) groups excluding carboxylic acids is 2. The summed E-state index contributed by atoms with van der Waals surface area (Å²) < 4.78 is 6.01. The van der Waals surface area contributed by atoms with Crippen LogP contribution < -0.4 is 5.32 Å². The molecule has 7 rings (SSSR count). The molecule has 5 unspecified atom stereocenters. The van der Waals surface area contributed by atoms with E-state index in [9.17, 15) is 9.59 Å². The van der Waals surface area contributed by atoms with Crippen LogP contribution in [0, 0.1) is 5.41 Å². The fourth-order valence-electron chi connectivity index (χ4n) is 6.30. The van der Waals surface area contributed by atoms with Crippen molar-refractivity contribution in [2.75, 3.05) is 13.7 Å². The van der Waals surface area contributed by atoms with Gasteiger partial charge in [-0.25, -0.2) is 0 Å². The minimum Gasteiger partial charge on any atom is -0.378 e. The number of aromatic nitrogens is 1. The van der Waals surface area contributed by atoms with Crippen molar-refractivity contribution in [2.45, 2.75) is 36.4 Å². The SMILES string of the molecule is COC1C2C(=O)C=C3SC4CC31C1=C3c5c(c[nH]c5C(=O)C1N4)CCN32. The molecule has 26 heavy (non-hydrogen) atoms. The molecule has 4 aliphatic heterocycles. The van der Waals surface area contributed by atoms with Crippen LogP contribution in [0.2, 0.25) is 0 Å². The Labute approximate surface area is 154 Å². The zero-order valence-electron chi connectivity index (χ0n) is 14.2. The molecule has 2 aliphatic carbocycles. The van der Waals surface area contributed by atoms with Crippen molar-refractivity contribution >= 4 is 29.0 Å². The number of hydrogen-bond donors (Lipinski definition) is 2. The summed E-state index contributed by atoms with van der Waals surface area (Å²) >= 11 is 1.71. The largest absolute Gasteiger partial charge is 0.378 e. The third kappa shape index (κ3) is 1.25. The fraction of sp³-hybridized carbons (Fsp3) is 0.474. The molecular weight excluding hydrogens is 350 g/mol. The van der Waals surface area contributed by atoms with Gasteiger partial charge in [-0.3, -0.25) is 14.9 Å². The molecule has 132 valence electrons. The molecule has 6 nitrogen and oxygen atoms in total. The first kappa shape index (κ1) is 14.3. The van der Waals surface area contributed by atoms with E-state index in [-0.39, 0.29) is 40.5 Å². The summed E-state index contributed by atoms with van der Waals surface area (Å²) in [5.41, 5.74) is 4.88. The van der Waals surface area contributed by atoms with Gasteiger partial charge in [-0.2, -0.15) is 0 Å². The molecule has 5 atom stereocenters. The van der Waals surface area contributed by atoms with E-state index in [1.54, 1.807) is 18.9 Å². The number of ketones is 2. The van der Waals surface area contributed by atoms with Crippen molar-refractivity contribution in [1.29, 1.82) is 0 Å². The number of aromatic amines is 1. The van der Waals surface area contributed by atoms with Crippen LogP contribution in [0.5, 0.6) is 0 Å². The third-order valence-electron chi connectivity index (χ3n) is 7.14. The lowest BCUT2D eigenvalue weighted by molar-refractivity contribution is -0.130. The highest BCUT2D eigenvalue weighted by Crippen LogP contribution is 2.67. The topological polar surface area (TPSA) is 74.4 Å². The second-order valence-electron chi connectivity index (χ2n) is 8.03. The molecular formula is C19H17N3O3S. The van der Waals surface area contributed by atoms with Crippen LogP contribution in [0.3, 0.4) is 0 Å². The van der Waals surface area contributed by atoms with Gasteiger partial charge in [0.15, 0.2) is 5.78 Å². The van der Waals surface area contributed by atoms with Gasteiger partial charge in [0.25, 0.3) is 0 Å². The Morgan fingerprint density at radius 3 is 3.12 bits per heavy atom. The van der Waals surface area contributed by atoms with Gasteiger partial charge in [-0.15, -0.1) is 11.8 Å². The Hall–Kier alpha value is -1.83. The van der Waals surface area contributed by atoms with Crippen molar-refractivity contribution in [1.82, 2.24) is 15.2 Å². The van der Waals surface area contributed by atoms with Gasteiger partial charge in [0.1, 0.15) is 6.04 Å². The quantitative estimate of drug-likeness (QED) is 0.773. The summed E-state index contributed by atoms with van der Waals surface area (Å²) in [6, 6.07) is -0.613. The predicted molar refractivity (Wildman–Crippen MR) is 95.5 cm³/mol. The maximum Gasteiger partial charge on any atom is 0.200 e. The van der Waals surface area contributed by atoms with Gasteiger partial charge in [-0.1, -0.05) is 0 Å².